The molecule has 0 saturated carbocycles. The number of imidazole rings is 1. The number of rotatable bonds is 3. The maximum absolute atomic E-state index is 5.98. The predicted molar refractivity (Wildman–Crippen MR) is 64.7 cm³/mol. The number of aromatic nitrogens is 2. The zero-order valence-corrected chi connectivity index (χ0v) is 9.82. The number of benzene rings is 1. The molecule has 0 amide bonds. The van der Waals surface area contributed by atoms with E-state index in [1.807, 2.05) is 29.9 Å². The lowest BCUT2D eigenvalue weighted by atomic mass is 10.3. The molecule has 1 aromatic carbocycles. The van der Waals surface area contributed by atoms with Crippen molar-refractivity contribution in [1.29, 1.82) is 0 Å². The van der Waals surface area contributed by atoms with Crippen molar-refractivity contribution in [2.75, 3.05) is 19.5 Å². The highest BCUT2D eigenvalue weighted by Crippen LogP contribution is 2.28. The van der Waals surface area contributed by atoms with Crippen LogP contribution in [0.2, 0.25) is 5.02 Å². The summed E-state index contributed by atoms with van der Waals surface area (Å²) in [5.41, 5.74) is 0.858. The number of nitrogens with zero attached hydrogens (tertiary/aromatic N) is 2. The Morgan fingerprint density at radius 3 is 2.94 bits per heavy atom. The molecular weight excluding hydrogens is 226 g/mol. The van der Waals surface area contributed by atoms with Crippen LogP contribution in [0.25, 0.3) is 5.69 Å². The van der Waals surface area contributed by atoms with Crippen molar-refractivity contribution in [2.45, 2.75) is 0 Å². The first-order valence-electron chi connectivity index (χ1n) is 4.81. The highest BCUT2D eigenvalue weighted by molar-refractivity contribution is 6.30. The van der Waals surface area contributed by atoms with Gasteiger partial charge in [-0.2, -0.15) is 0 Å². The second-order valence-corrected chi connectivity index (χ2v) is 3.62. The average Bonchev–Trinajstić information content (AvgIpc) is 2.76. The molecule has 16 heavy (non-hydrogen) atoms. The van der Waals surface area contributed by atoms with Crippen LogP contribution >= 0.6 is 11.6 Å². The fourth-order valence-electron chi connectivity index (χ4n) is 1.53. The minimum Gasteiger partial charge on any atom is -0.495 e. The van der Waals surface area contributed by atoms with Crippen LogP contribution in [0.3, 0.4) is 0 Å². The molecule has 5 heteroatoms. The van der Waals surface area contributed by atoms with E-state index in [4.69, 9.17) is 16.3 Å². The second kappa shape index (κ2) is 4.45. The molecule has 0 spiro atoms. The monoisotopic (exact) mass is 237 g/mol. The molecule has 1 aromatic heterocycles. The highest BCUT2D eigenvalue weighted by atomic mass is 35.5. The number of halogens is 1. The van der Waals surface area contributed by atoms with Crippen LogP contribution in [0.15, 0.2) is 30.6 Å². The van der Waals surface area contributed by atoms with E-state index in [9.17, 15) is 0 Å². The van der Waals surface area contributed by atoms with Gasteiger partial charge < -0.3 is 10.1 Å². The number of hydrogen-bond acceptors (Lipinski definition) is 3. The molecule has 0 fully saturated rings. The van der Waals surface area contributed by atoms with Gasteiger partial charge in [0.2, 0.25) is 5.95 Å². The summed E-state index contributed by atoms with van der Waals surface area (Å²) in [7, 11) is 3.44. The number of nitrogens with one attached hydrogen (secondary N) is 1. The largest absolute Gasteiger partial charge is 0.495 e. The smallest absolute Gasteiger partial charge is 0.207 e. The molecule has 0 radical (unpaired) electrons. The lowest BCUT2D eigenvalue weighted by Gasteiger charge is -2.11. The zero-order valence-electron chi connectivity index (χ0n) is 9.07. The quantitative estimate of drug-likeness (QED) is 0.892. The summed E-state index contributed by atoms with van der Waals surface area (Å²) in [5.74, 6) is 1.49. The van der Waals surface area contributed by atoms with E-state index in [-0.39, 0.29) is 0 Å². The van der Waals surface area contributed by atoms with Gasteiger partial charge in [-0.1, -0.05) is 11.6 Å². The molecule has 0 aliphatic rings. The first-order valence-corrected chi connectivity index (χ1v) is 5.19. The van der Waals surface area contributed by atoms with Crippen LogP contribution in [0.4, 0.5) is 5.95 Å². The Labute approximate surface area is 98.8 Å². The van der Waals surface area contributed by atoms with Crippen molar-refractivity contribution in [2.24, 2.45) is 0 Å². The van der Waals surface area contributed by atoms with Gasteiger partial charge in [0.25, 0.3) is 0 Å². The number of methoxy groups -OCH3 is 1. The van der Waals surface area contributed by atoms with Gasteiger partial charge in [-0.3, -0.25) is 4.57 Å². The highest BCUT2D eigenvalue weighted by Gasteiger charge is 2.09. The molecule has 1 heterocycles. The number of ether oxygens (including phenoxy) is 1. The molecule has 0 unspecified atom stereocenters. The van der Waals surface area contributed by atoms with Crippen LogP contribution in [0.5, 0.6) is 5.75 Å². The van der Waals surface area contributed by atoms with Gasteiger partial charge in [0.05, 0.1) is 12.8 Å². The fraction of sp³-hybridized carbons (Fsp3) is 0.182. The van der Waals surface area contributed by atoms with Crippen molar-refractivity contribution < 1.29 is 4.74 Å². The molecule has 0 atom stereocenters. The zero-order chi connectivity index (χ0) is 11.5. The van der Waals surface area contributed by atoms with E-state index >= 15 is 0 Å². The molecule has 4 nitrogen and oxygen atoms in total. The Morgan fingerprint density at radius 2 is 2.25 bits per heavy atom. The maximum atomic E-state index is 5.98. The summed E-state index contributed by atoms with van der Waals surface area (Å²) < 4.78 is 7.17. The van der Waals surface area contributed by atoms with Crippen molar-refractivity contribution in [3.63, 3.8) is 0 Å². The van der Waals surface area contributed by atoms with E-state index in [1.165, 1.54) is 0 Å². The van der Waals surface area contributed by atoms with Crippen LogP contribution in [-0.2, 0) is 0 Å². The minimum atomic E-state index is 0.659. The summed E-state index contributed by atoms with van der Waals surface area (Å²) in [6.45, 7) is 0. The molecular formula is C11H12ClN3O. The summed E-state index contributed by atoms with van der Waals surface area (Å²) in [6, 6.07) is 5.46. The van der Waals surface area contributed by atoms with Gasteiger partial charge in [0.1, 0.15) is 5.75 Å². The third-order valence-electron chi connectivity index (χ3n) is 2.26. The van der Waals surface area contributed by atoms with Crippen molar-refractivity contribution >= 4 is 17.5 Å². The maximum Gasteiger partial charge on any atom is 0.207 e. The predicted octanol–water partition coefficient (Wildman–Crippen LogP) is 2.58. The van der Waals surface area contributed by atoms with E-state index in [1.54, 1.807) is 19.4 Å². The lowest BCUT2D eigenvalue weighted by Crippen LogP contribution is -2.02. The van der Waals surface area contributed by atoms with Crippen LogP contribution in [0.1, 0.15) is 0 Å². The number of hydrogen-bond donors (Lipinski definition) is 1. The summed E-state index contributed by atoms with van der Waals surface area (Å²) in [5, 5.41) is 3.66. The Kier molecular flexibility index (Phi) is 3.01. The average molecular weight is 238 g/mol. The van der Waals surface area contributed by atoms with Crippen molar-refractivity contribution in [3.05, 3.63) is 35.6 Å². The summed E-state index contributed by atoms with van der Waals surface area (Å²) in [4.78, 5) is 4.17. The first kappa shape index (κ1) is 10.8. The van der Waals surface area contributed by atoms with E-state index in [0.29, 0.717) is 5.02 Å². The summed E-state index contributed by atoms with van der Waals surface area (Å²) in [6.07, 6.45) is 3.56. The Hall–Kier alpha value is -1.68. The van der Waals surface area contributed by atoms with Crippen LogP contribution < -0.4 is 10.1 Å². The third-order valence-corrected chi connectivity index (χ3v) is 2.50. The van der Waals surface area contributed by atoms with Gasteiger partial charge in [0.15, 0.2) is 0 Å². The normalized spacial score (nSPS) is 10.2. The number of anilines is 1. The Balaban J connectivity index is 2.58. The minimum absolute atomic E-state index is 0.659. The topological polar surface area (TPSA) is 39.1 Å². The lowest BCUT2D eigenvalue weighted by molar-refractivity contribution is 0.413. The van der Waals surface area contributed by atoms with Crippen molar-refractivity contribution in [3.8, 4) is 11.4 Å². The third kappa shape index (κ3) is 1.84. The van der Waals surface area contributed by atoms with Gasteiger partial charge in [-0.05, 0) is 18.2 Å². The molecule has 2 aromatic rings. The molecule has 84 valence electrons. The van der Waals surface area contributed by atoms with Crippen LogP contribution in [0, 0.1) is 0 Å². The molecule has 0 aliphatic carbocycles. The van der Waals surface area contributed by atoms with E-state index < -0.39 is 0 Å². The summed E-state index contributed by atoms with van der Waals surface area (Å²) >= 11 is 5.98. The second-order valence-electron chi connectivity index (χ2n) is 3.19. The van der Waals surface area contributed by atoms with E-state index in [2.05, 4.69) is 10.3 Å². The van der Waals surface area contributed by atoms with Crippen LogP contribution in [-0.4, -0.2) is 23.7 Å². The van der Waals surface area contributed by atoms with Crippen molar-refractivity contribution in [1.82, 2.24) is 9.55 Å². The standard InChI is InChI=1S/C11H12ClN3O/c1-13-11-14-5-6-15(11)9-7-8(12)3-4-10(9)16-2/h3-7H,1-2H3,(H,13,14). The molecule has 0 aliphatic heterocycles. The van der Waals surface area contributed by atoms with Gasteiger partial charge >= 0.3 is 0 Å². The SMILES string of the molecule is CNc1nccn1-c1cc(Cl)ccc1OC. The Morgan fingerprint density at radius 1 is 1.44 bits per heavy atom. The fourth-order valence-corrected chi connectivity index (χ4v) is 1.70. The van der Waals surface area contributed by atoms with Gasteiger partial charge in [-0.15, -0.1) is 0 Å². The van der Waals surface area contributed by atoms with Gasteiger partial charge in [0, 0.05) is 24.5 Å². The molecule has 1 N–H and O–H groups in total. The Bertz CT molecular complexity index is 496. The molecule has 0 bridgehead atoms. The molecule has 0 saturated heterocycles. The van der Waals surface area contributed by atoms with E-state index in [0.717, 1.165) is 17.4 Å². The van der Waals surface area contributed by atoms with Gasteiger partial charge in [-0.25, -0.2) is 4.98 Å². The molecule has 2 rings (SSSR count). The first-order chi connectivity index (χ1) is 7.76.